The lowest BCUT2D eigenvalue weighted by atomic mass is 10.1. The molecule has 2 N–H and O–H groups in total. The molecule has 0 aliphatic rings. The minimum Gasteiger partial charge on any atom is -0.348 e. The number of amides is 2. The van der Waals surface area contributed by atoms with Gasteiger partial charge in [0.2, 0.25) is 5.91 Å². The van der Waals surface area contributed by atoms with Crippen LogP contribution in [0.25, 0.3) is 0 Å². The van der Waals surface area contributed by atoms with Crippen molar-refractivity contribution >= 4 is 17.5 Å². The summed E-state index contributed by atoms with van der Waals surface area (Å²) in [7, 11) is 1.63. The van der Waals surface area contributed by atoms with Crippen LogP contribution in [0.2, 0.25) is 0 Å². The number of hydrogen-bond donors (Lipinski definition) is 2. The van der Waals surface area contributed by atoms with E-state index in [2.05, 4.69) is 10.6 Å². The second-order valence-electron chi connectivity index (χ2n) is 5.89. The highest BCUT2D eigenvalue weighted by Crippen LogP contribution is 2.11. The molecule has 0 spiro atoms. The molecule has 2 aromatic rings. The van der Waals surface area contributed by atoms with E-state index in [4.69, 9.17) is 0 Å². The predicted molar refractivity (Wildman–Crippen MR) is 92.8 cm³/mol. The lowest BCUT2D eigenvalue weighted by molar-refractivity contribution is -0.118. The van der Waals surface area contributed by atoms with Gasteiger partial charge in [0.15, 0.2) is 0 Å². The van der Waals surface area contributed by atoms with Crippen LogP contribution in [-0.4, -0.2) is 16.4 Å². The van der Waals surface area contributed by atoms with E-state index in [0.717, 1.165) is 11.3 Å². The van der Waals surface area contributed by atoms with E-state index in [-0.39, 0.29) is 23.3 Å². The third-order valence-electron chi connectivity index (χ3n) is 3.57. The van der Waals surface area contributed by atoms with Gasteiger partial charge in [0.1, 0.15) is 0 Å². The molecule has 0 atom stereocenters. The Morgan fingerprint density at radius 2 is 1.79 bits per heavy atom. The van der Waals surface area contributed by atoms with Gasteiger partial charge < -0.3 is 15.2 Å². The number of nitrogens with zero attached hydrogens (tertiary/aromatic N) is 1. The van der Waals surface area contributed by atoms with Gasteiger partial charge in [-0.05, 0) is 23.8 Å². The lowest BCUT2D eigenvalue weighted by Gasteiger charge is -2.09. The quantitative estimate of drug-likeness (QED) is 0.880. The van der Waals surface area contributed by atoms with Gasteiger partial charge in [-0.3, -0.25) is 14.4 Å². The molecule has 0 fully saturated rings. The predicted octanol–water partition coefficient (Wildman–Crippen LogP) is 1.91. The number of anilines is 1. The van der Waals surface area contributed by atoms with Crippen molar-refractivity contribution in [3.05, 3.63) is 64.1 Å². The van der Waals surface area contributed by atoms with Gasteiger partial charge in [0.05, 0.1) is 0 Å². The third kappa shape index (κ3) is 4.55. The SMILES string of the molecule is CC(C)C(=O)Nc1ccc(CNC(=O)c2ccn(C)c(=O)c2)cc1. The molecule has 0 aliphatic carbocycles. The summed E-state index contributed by atoms with van der Waals surface area (Å²) >= 11 is 0. The molecule has 6 heteroatoms. The van der Waals surface area contributed by atoms with Gasteiger partial charge in [-0.25, -0.2) is 0 Å². The van der Waals surface area contributed by atoms with Crippen molar-refractivity contribution in [1.29, 1.82) is 0 Å². The van der Waals surface area contributed by atoms with E-state index in [9.17, 15) is 14.4 Å². The summed E-state index contributed by atoms with van der Waals surface area (Å²) in [4.78, 5) is 35.2. The fourth-order valence-corrected chi connectivity index (χ4v) is 1.97. The Balaban J connectivity index is 1.94. The van der Waals surface area contributed by atoms with Crippen LogP contribution >= 0.6 is 0 Å². The summed E-state index contributed by atoms with van der Waals surface area (Å²) in [6, 6.07) is 10.2. The molecule has 0 saturated carbocycles. The minimum atomic E-state index is -0.301. The zero-order valence-electron chi connectivity index (χ0n) is 14.0. The summed E-state index contributed by atoms with van der Waals surface area (Å²) in [6.45, 7) is 4.00. The van der Waals surface area contributed by atoms with E-state index in [1.165, 1.54) is 10.6 Å². The van der Waals surface area contributed by atoms with Crippen LogP contribution < -0.4 is 16.2 Å². The van der Waals surface area contributed by atoms with E-state index in [1.807, 2.05) is 26.0 Å². The molecule has 0 unspecified atom stereocenters. The number of carbonyl (C=O) groups is 2. The van der Waals surface area contributed by atoms with E-state index >= 15 is 0 Å². The highest BCUT2D eigenvalue weighted by atomic mass is 16.2. The maximum Gasteiger partial charge on any atom is 0.251 e. The Hall–Kier alpha value is -2.89. The third-order valence-corrected chi connectivity index (χ3v) is 3.57. The summed E-state index contributed by atoms with van der Waals surface area (Å²) in [5.41, 5.74) is 1.72. The van der Waals surface area contributed by atoms with Crippen molar-refractivity contribution in [2.75, 3.05) is 5.32 Å². The first-order valence-corrected chi connectivity index (χ1v) is 7.71. The molecular formula is C18H21N3O3. The van der Waals surface area contributed by atoms with E-state index in [0.29, 0.717) is 12.1 Å². The van der Waals surface area contributed by atoms with Crippen molar-refractivity contribution in [3.63, 3.8) is 0 Å². The Labute approximate surface area is 140 Å². The largest absolute Gasteiger partial charge is 0.348 e. The molecule has 0 aliphatic heterocycles. The van der Waals surface area contributed by atoms with Gasteiger partial charge in [-0.15, -0.1) is 0 Å². The van der Waals surface area contributed by atoms with Crippen molar-refractivity contribution in [3.8, 4) is 0 Å². The molecule has 2 rings (SSSR count). The zero-order valence-corrected chi connectivity index (χ0v) is 14.0. The normalized spacial score (nSPS) is 10.5. The average Bonchev–Trinajstić information content (AvgIpc) is 2.56. The summed E-state index contributed by atoms with van der Waals surface area (Å²) in [5, 5.41) is 5.57. The average molecular weight is 327 g/mol. The minimum absolute atomic E-state index is 0.0401. The molecule has 6 nitrogen and oxygen atoms in total. The monoisotopic (exact) mass is 327 g/mol. The van der Waals surface area contributed by atoms with Crippen molar-refractivity contribution in [2.45, 2.75) is 20.4 Å². The highest BCUT2D eigenvalue weighted by Gasteiger charge is 2.08. The fraction of sp³-hybridized carbons (Fsp3) is 0.278. The molecule has 126 valence electrons. The van der Waals surface area contributed by atoms with Gasteiger partial charge in [-0.2, -0.15) is 0 Å². The fourth-order valence-electron chi connectivity index (χ4n) is 1.97. The van der Waals surface area contributed by atoms with Crippen LogP contribution in [0.4, 0.5) is 5.69 Å². The van der Waals surface area contributed by atoms with Crippen LogP contribution in [0.15, 0.2) is 47.4 Å². The number of rotatable bonds is 5. The number of aromatic nitrogens is 1. The lowest BCUT2D eigenvalue weighted by Crippen LogP contribution is -2.25. The standard InChI is InChI=1S/C18H21N3O3/c1-12(2)17(23)20-15-6-4-13(5-7-15)11-19-18(24)14-8-9-21(3)16(22)10-14/h4-10,12H,11H2,1-3H3,(H,19,24)(H,20,23). The number of carbonyl (C=O) groups excluding carboxylic acids is 2. The van der Waals surface area contributed by atoms with Crippen molar-refractivity contribution in [1.82, 2.24) is 9.88 Å². The van der Waals surface area contributed by atoms with Crippen LogP contribution in [0.5, 0.6) is 0 Å². The molecule has 2 amide bonds. The summed E-state index contributed by atoms with van der Waals surface area (Å²) < 4.78 is 1.40. The number of benzene rings is 1. The smallest absolute Gasteiger partial charge is 0.251 e. The zero-order chi connectivity index (χ0) is 17.7. The number of nitrogens with one attached hydrogen (secondary N) is 2. The maximum atomic E-state index is 12.1. The van der Waals surface area contributed by atoms with Crippen LogP contribution in [0, 0.1) is 5.92 Å². The number of pyridine rings is 1. The first-order valence-electron chi connectivity index (χ1n) is 7.71. The maximum absolute atomic E-state index is 12.1. The second kappa shape index (κ2) is 7.59. The summed E-state index contributed by atoms with van der Waals surface area (Å²) in [6.07, 6.45) is 1.56. The Morgan fingerprint density at radius 1 is 1.12 bits per heavy atom. The number of aryl methyl sites for hydroxylation is 1. The first kappa shape index (κ1) is 17.5. The molecule has 1 aromatic carbocycles. The topological polar surface area (TPSA) is 80.2 Å². The molecule has 1 heterocycles. The Bertz CT molecular complexity index is 792. The van der Waals surface area contributed by atoms with Gasteiger partial charge in [0.25, 0.3) is 11.5 Å². The molecule has 24 heavy (non-hydrogen) atoms. The van der Waals surface area contributed by atoms with Gasteiger partial charge in [0, 0.05) is 43.0 Å². The second-order valence-corrected chi connectivity index (χ2v) is 5.89. The molecule has 0 radical (unpaired) electrons. The molecule has 0 saturated heterocycles. The van der Waals surface area contributed by atoms with Gasteiger partial charge >= 0.3 is 0 Å². The summed E-state index contributed by atoms with van der Waals surface area (Å²) in [5.74, 6) is -0.422. The molecule has 1 aromatic heterocycles. The van der Waals surface area contributed by atoms with Crippen molar-refractivity contribution in [2.24, 2.45) is 13.0 Å². The first-order chi connectivity index (χ1) is 11.4. The Morgan fingerprint density at radius 3 is 2.38 bits per heavy atom. The molecule has 0 bridgehead atoms. The highest BCUT2D eigenvalue weighted by molar-refractivity contribution is 5.94. The van der Waals surface area contributed by atoms with Crippen LogP contribution in [0.1, 0.15) is 29.8 Å². The van der Waals surface area contributed by atoms with Gasteiger partial charge in [-0.1, -0.05) is 26.0 Å². The molecular weight excluding hydrogens is 306 g/mol. The van der Waals surface area contributed by atoms with Crippen LogP contribution in [-0.2, 0) is 18.4 Å². The van der Waals surface area contributed by atoms with E-state index in [1.54, 1.807) is 31.4 Å². The Kier molecular flexibility index (Phi) is 5.52. The van der Waals surface area contributed by atoms with E-state index < -0.39 is 0 Å². The number of hydrogen-bond acceptors (Lipinski definition) is 3. The van der Waals surface area contributed by atoms with Crippen molar-refractivity contribution < 1.29 is 9.59 Å². The van der Waals surface area contributed by atoms with Crippen LogP contribution in [0.3, 0.4) is 0 Å².